The van der Waals surface area contributed by atoms with E-state index in [2.05, 4.69) is 41.5 Å². The number of nitrogens with one attached hydrogen (secondary N) is 1. The summed E-state index contributed by atoms with van der Waals surface area (Å²) in [6.07, 6.45) is 2.51. The zero-order chi connectivity index (χ0) is 20.4. The molecule has 152 valence electrons. The summed E-state index contributed by atoms with van der Waals surface area (Å²) in [7, 11) is 1.95. The maximum Gasteiger partial charge on any atom is 0.317 e. The van der Waals surface area contributed by atoms with E-state index in [0.717, 1.165) is 29.2 Å². The van der Waals surface area contributed by atoms with Gasteiger partial charge >= 0.3 is 6.03 Å². The van der Waals surface area contributed by atoms with Gasteiger partial charge in [0.15, 0.2) is 5.82 Å². The Kier molecular flexibility index (Phi) is 5.33. The molecule has 1 aromatic carbocycles. The summed E-state index contributed by atoms with van der Waals surface area (Å²) >= 11 is 0. The van der Waals surface area contributed by atoms with E-state index in [1.807, 2.05) is 39.4 Å². The summed E-state index contributed by atoms with van der Waals surface area (Å²) in [5.74, 6) is 1.15. The highest BCUT2D eigenvalue weighted by molar-refractivity contribution is 5.75. The molecule has 3 heterocycles. The van der Waals surface area contributed by atoms with Gasteiger partial charge in [-0.25, -0.2) is 4.79 Å². The van der Waals surface area contributed by atoms with Gasteiger partial charge in [0.1, 0.15) is 12.0 Å². The molecule has 1 aliphatic rings. The molecule has 0 aliphatic carbocycles. The second-order valence-corrected chi connectivity index (χ2v) is 7.92. The van der Waals surface area contributed by atoms with Crippen molar-refractivity contribution in [3.8, 4) is 11.5 Å². The smallest absolute Gasteiger partial charge is 0.317 e. The Labute approximate surface area is 170 Å². The Morgan fingerprint density at radius 1 is 1.24 bits per heavy atom. The van der Waals surface area contributed by atoms with Gasteiger partial charge in [-0.2, -0.15) is 5.10 Å². The lowest BCUT2D eigenvalue weighted by Gasteiger charge is -2.28. The van der Waals surface area contributed by atoms with Crippen LogP contribution in [0.2, 0.25) is 0 Å². The summed E-state index contributed by atoms with van der Waals surface area (Å²) < 4.78 is 3.92. The molecule has 2 aromatic heterocycles. The second-order valence-electron chi connectivity index (χ2n) is 7.92. The van der Waals surface area contributed by atoms with Crippen molar-refractivity contribution >= 4 is 6.03 Å². The molecule has 3 aromatic rings. The number of nitrogens with zero attached hydrogens (tertiary/aromatic N) is 6. The Hall–Kier alpha value is -3.16. The SMILES string of the molecule is CC(C)CNC(=O)N1CCc2c(c(-c3nncn3Cc3ccccc3)nn2C)C1. The van der Waals surface area contributed by atoms with E-state index in [1.54, 1.807) is 6.33 Å². The highest BCUT2D eigenvalue weighted by atomic mass is 16.2. The fraction of sp³-hybridized carbons (Fsp3) is 0.429. The van der Waals surface area contributed by atoms with Crippen molar-refractivity contribution in [3.63, 3.8) is 0 Å². The number of amides is 2. The minimum atomic E-state index is -0.0232. The zero-order valence-electron chi connectivity index (χ0n) is 17.2. The fourth-order valence-corrected chi connectivity index (χ4v) is 3.68. The number of benzene rings is 1. The molecule has 0 saturated heterocycles. The Balaban J connectivity index is 1.60. The third-order valence-electron chi connectivity index (χ3n) is 5.21. The molecule has 0 spiro atoms. The molecule has 8 nitrogen and oxygen atoms in total. The van der Waals surface area contributed by atoms with E-state index >= 15 is 0 Å². The molecule has 0 atom stereocenters. The van der Waals surface area contributed by atoms with Crippen LogP contribution >= 0.6 is 0 Å². The van der Waals surface area contributed by atoms with Crippen LogP contribution in [0.4, 0.5) is 4.79 Å². The van der Waals surface area contributed by atoms with Crippen LogP contribution in [0.5, 0.6) is 0 Å². The molecule has 0 unspecified atom stereocenters. The summed E-state index contributed by atoms with van der Waals surface area (Å²) in [5.41, 5.74) is 4.19. The van der Waals surface area contributed by atoms with Crippen molar-refractivity contribution in [2.75, 3.05) is 13.1 Å². The predicted molar refractivity (Wildman–Crippen MR) is 110 cm³/mol. The van der Waals surface area contributed by atoms with Crippen molar-refractivity contribution in [1.29, 1.82) is 0 Å². The first-order chi connectivity index (χ1) is 14.0. The van der Waals surface area contributed by atoms with Crippen molar-refractivity contribution in [1.82, 2.24) is 34.8 Å². The van der Waals surface area contributed by atoms with Crippen LogP contribution in [0.1, 0.15) is 30.7 Å². The maximum absolute atomic E-state index is 12.6. The van der Waals surface area contributed by atoms with Gasteiger partial charge in [-0.05, 0) is 11.5 Å². The molecule has 0 saturated carbocycles. The minimum absolute atomic E-state index is 0.0232. The lowest BCUT2D eigenvalue weighted by molar-refractivity contribution is 0.190. The van der Waals surface area contributed by atoms with Crippen LogP contribution in [0.3, 0.4) is 0 Å². The van der Waals surface area contributed by atoms with Gasteiger partial charge < -0.3 is 14.8 Å². The molecule has 8 heteroatoms. The molecule has 4 rings (SSSR count). The Morgan fingerprint density at radius 2 is 2.03 bits per heavy atom. The summed E-state index contributed by atoms with van der Waals surface area (Å²) in [4.78, 5) is 14.4. The third-order valence-corrected chi connectivity index (χ3v) is 5.21. The average Bonchev–Trinajstić information content (AvgIpc) is 3.30. The highest BCUT2D eigenvalue weighted by Crippen LogP contribution is 2.29. The zero-order valence-corrected chi connectivity index (χ0v) is 17.2. The average molecular weight is 393 g/mol. The van der Waals surface area contributed by atoms with Gasteiger partial charge in [0.25, 0.3) is 0 Å². The van der Waals surface area contributed by atoms with Crippen molar-refractivity contribution in [2.24, 2.45) is 13.0 Å². The molecule has 2 amide bonds. The number of carbonyl (C=O) groups excluding carboxylic acids is 1. The molecule has 1 aliphatic heterocycles. The standard InChI is InChI=1S/C21H27N7O/c1-15(2)11-22-21(29)27-10-9-18-17(13-27)19(25-26(18)3)20-24-23-14-28(20)12-16-7-5-4-6-8-16/h4-8,14-15H,9-13H2,1-3H3,(H,22,29). The lowest BCUT2D eigenvalue weighted by atomic mass is 10.0. The molecular formula is C21H27N7O. The van der Waals surface area contributed by atoms with Gasteiger partial charge in [-0.15, -0.1) is 10.2 Å². The first-order valence-corrected chi connectivity index (χ1v) is 10.0. The minimum Gasteiger partial charge on any atom is -0.338 e. The number of rotatable bonds is 5. The number of aromatic nitrogens is 5. The van der Waals surface area contributed by atoms with E-state index in [0.29, 0.717) is 32.1 Å². The second kappa shape index (κ2) is 8.06. The number of carbonyl (C=O) groups is 1. The number of aryl methyl sites for hydroxylation is 1. The highest BCUT2D eigenvalue weighted by Gasteiger charge is 2.29. The van der Waals surface area contributed by atoms with Gasteiger partial charge in [0, 0.05) is 37.8 Å². The van der Waals surface area contributed by atoms with Gasteiger partial charge in [0.05, 0.1) is 13.1 Å². The number of urea groups is 1. The predicted octanol–water partition coefficient (Wildman–Crippen LogP) is 2.45. The molecule has 29 heavy (non-hydrogen) atoms. The Bertz CT molecular complexity index is 990. The number of fused-ring (bicyclic) bond motifs is 1. The van der Waals surface area contributed by atoms with Crippen LogP contribution in [0.25, 0.3) is 11.5 Å². The van der Waals surface area contributed by atoms with Gasteiger partial charge in [-0.3, -0.25) is 4.68 Å². The van der Waals surface area contributed by atoms with E-state index in [-0.39, 0.29) is 6.03 Å². The monoisotopic (exact) mass is 393 g/mol. The van der Waals surface area contributed by atoms with Crippen LogP contribution in [-0.2, 0) is 26.6 Å². The first-order valence-electron chi connectivity index (χ1n) is 10.0. The van der Waals surface area contributed by atoms with E-state index in [9.17, 15) is 4.79 Å². The number of hydrogen-bond acceptors (Lipinski definition) is 4. The topological polar surface area (TPSA) is 80.9 Å². The molecule has 1 N–H and O–H groups in total. The summed E-state index contributed by atoms with van der Waals surface area (Å²) in [6.45, 7) is 6.74. The van der Waals surface area contributed by atoms with Crippen LogP contribution in [-0.4, -0.2) is 48.6 Å². The molecule has 0 radical (unpaired) electrons. The van der Waals surface area contributed by atoms with Crippen molar-refractivity contribution in [3.05, 3.63) is 53.5 Å². The molecular weight excluding hydrogens is 366 g/mol. The normalized spacial score (nSPS) is 13.6. The van der Waals surface area contributed by atoms with E-state index < -0.39 is 0 Å². The van der Waals surface area contributed by atoms with E-state index in [1.165, 1.54) is 5.56 Å². The van der Waals surface area contributed by atoms with Crippen molar-refractivity contribution in [2.45, 2.75) is 33.4 Å². The molecule has 0 bridgehead atoms. The summed E-state index contributed by atoms with van der Waals surface area (Å²) in [5, 5.41) is 16.2. The maximum atomic E-state index is 12.6. The van der Waals surface area contributed by atoms with Crippen molar-refractivity contribution < 1.29 is 4.79 Å². The number of hydrogen-bond donors (Lipinski definition) is 1. The Morgan fingerprint density at radius 3 is 2.79 bits per heavy atom. The third kappa shape index (κ3) is 4.01. The first kappa shape index (κ1) is 19.2. The lowest BCUT2D eigenvalue weighted by Crippen LogP contribution is -2.44. The quantitative estimate of drug-likeness (QED) is 0.722. The largest absolute Gasteiger partial charge is 0.338 e. The summed E-state index contributed by atoms with van der Waals surface area (Å²) in [6, 6.07) is 10.2. The fourth-order valence-electron chi connectivity index (χ4n) is 3.68. The van der Waals surface area contributed by atoms with Gasteiger partial charge in [0.2, 0.25) is 0 Å². The van der Waals surface area contributed by atoms with Crippen LogP contribution < -0.4 is 5.32 Å². The van der Waals surface area contributed by atoms with Gasteiger partial charge in [-0.1, -0.05) is 44.2 Å². The van der Waals surface area contributed by atoms with Crippen LogP contribution in [0, 0.1) is 5.92 Å². The van der Waals surface area contributed by atoms with E-state index in [4.69, 9.17) is 5.10 Å². The van der Waals surface area contributed by atoms with Crippen LogP contribution in [0.15, 0.2) is 36.7 Å². The molecule has 0 fully saturated rings.